The fourth-order valence-corrected chi connectivity index (χ4v) is 2.16. The third kappa shape index (κ3) is 0.988. The molecule has 0 fully saturated rings. The maximum Gasteiger partial charge on any atom is 0.0813 e. The second-order valence-corrected chi connectivity index (χ2v) is 3.60. The Morgan fingerprint density at radius 2 is 2.09 bits per heavy atom. The van der Waals surface area contributed by atoms with Gasteiger partial charge in [0.25, 0.3) is 0 Å². The Labute approximate surface area is 73.4 Å². The molecule has 1 aromatic heterocycles. The van der Waals surface area contributed by atoms with Gasteiger partial charge in [0, 0.05) is 0 Å². The van der Waals surface area contributed by atoms with E-state index < -0.39 is 0 Å². The molecule has 1 heterocycles. The van der Waals surface area contributed by atoms with Crippen molar-refractivity contribution in [3.63, 3.8) is 0 Å². The Bertz CT molecular complexity index is 394. The minimum atomic E-state index is 0.654. The first kappa shape index (κ1) is 6.95. The molecule has 2 rings (SSSR count). The number of benzene rings is 1. The van der Waals surface area contributed by atoms with Crippen LogP contribution in [0.5, 0.6) is 0 Å². The summed E-state index contributed by atoms with van der Waals surface area (Å²) in [4.78, 5) is 0. The average Bonchev–Trinajstić information content (AvgIpc) is 2.45. The molecule has 0 radical (unpaired) electrons. The van der Waals surface area contributed by atoms with Crippen LogP contribution in [0.15, 0.2) is 23.6 Å². The Hall–Kier alpha value is -0.730. The highest BCUT2D eigenvalue weighted by Gasteiger charge is 2.02. The monoisotopic (exact) mass is 183 g/mol. The van der Waals surface area contributed by atoms with Gasteiger partial charge in [0.1, 0.15) is 0 Å². The normalized spacial score (nSPS) is 10.6. The molecule has 0 unspecified atom stereocenters. The SMILES string of the molecule is Nc1ccc2ccsc2c1Cl. The maximum atomic E-state index is 5.95. The van der Waals surface area contributed by atoms with Crippen molar-refractivity contribution in [2.45, 2.75) is 0 Å². The topological polar surface area (TPSA) is 26.0 Å². The third-order valence-corrected chi connectivity index (χ3v) is 3.06. The summed E-state index contributed by atoms with van der Waals surface area (Å²) in [5, 5.41) is 3.85. The fraction of sp³-hybridized carbons (Fsp3) is 0. The molecular formula is C8H6ClNS. The summed E-state index contributed by atoms with van der Waals surface area (Å²) in [5.41, 5.74) is 6.27. The van der Waals surface area contributed by atoms with Crippen LogP contribution in [0.1, 0.15) is 0 Å². The molecule has 0 spiro atoms. The average molecular weight is 184 g/mol. The molecule has 0 bridgehead atoms. The second-order valence-electron chi connectivity index (χ2n) is 2.31. The Morgan fingerprint density at radius 1 is 1.27 bits per heavy atom. The first-order valence-corrected chi connectivity index (χ1v) is 4.46. The van der Waals surface area contributed by atoms with Crippen LogP contribution in [0.25, 0.3) is 10.1 Å². The lowest BCUT2D eigenvalue weighted by molar-refractivity contribution is 1.79. The number of hydrogen-bond donors (Lipinski definition) is 1. The number of nitrogen functional groups attached to an aromatic ring is 1. The fourth-order valence-electron chi connectivity index (χ4n) is 1.01. The number of thiophene rings is 1. The minimum absolute atomic E-state index is 0.654. The highest BCUT2D eigenvalue weighted by atomic mass is 35.5. The Balaban J connectivity index is 2.93. The van der Waals surface area contributed by atoms with E-state index in [1.54, 1.807) is 11.3 Å². The predicted octanol–water partition coefficient (Wildman–Crippen LogP) is 3.14. The lowest BCUT2D eigenvalue weighted by atomic mass is 10.2. The van der Waals surface area contributed by atoms with Gasteiger partial charge in [0.15, 0.2) is 0 Å². The molecule has 1 aromatic carbocycles. The van der Waals surface area contributed by atoms with E-state index in [1.807, 2.05) is 23.6 Å². The van der Waals surface area contributed by atoms with E-state index >= 15 is 0 Å². The van der Waals surface area contributed by atoms with Crippen molar-refractivity contribution >= 4 is 38.7 Å². The smallest absolute Gasteiger partial charge is 0.0813 e. The van der Waals surface area contributed by atoms with Crippen molar-refractivity contribution in [3.8, 4) is 0 Å². The van der Waals surface area contributed by atoms with E-state index in [4.69, 9.17) is 17.3 Å². The Kier molecular flexibility index (Phi) is 1.51. The van der Waals surface area contributed by atoms with Gasteiger partial charge in [-0.2, -0.15) is 0 Å². The lowest BCUT2D eigenvalue weighted by Crippen LogP contribution is -1.83. The molecule has 0 saturated heterocycles. The van der Waals surface area contributed by atoms with Crippen LogP contribution in [-0.2, 0) is 0 Å². The van der Waals surface area contributed by atoms with Crippen LogP contribution >= 0.6 is 22.9 Å². The van der Waals surface area contributed by atoms with E-state index in [-0.39, 0.29) is 0 Å². The van der Waals surface area contributed by atoms with Crippen molar-refractivity contribution < 1.29 is 0 Å². The first-order valence-electron chi connectivity index (χ1n) is 3.20. The van der Waals surface area contributed by atoms with Crippen LogP contribution in [0.4, 0.5) is 5.69 Å². The first-order chi connectivity index (χ1) is 5.29. The van der Waals surface area contributed by atoms with Crippen LogP contribution in [0.3, 0.4) is 0 Å². The molecule has 0 amide bonds. The molecule has 0 saturated carbocycles. The van der Waals surface area contributed by atoms with Gasteiger partial charge < -0.3 is 5.73 Å². The molecule has 0 atom stereocenters. The number of fused-ring (bicyclic) bond motifs is 1. The highest BCUT2D eigenvalue weighted by molar-refractivity contribution is 7.18. The molecule has 2 aromatic rings. The summed E-state index contributed by atoms with van der Waals surface area (Å²) >= 11 is 7.57. The van der Waals surface area contributed by atoms with Crippen molar-refractivity contribution in [1.29, 1.82) is 0 Å². The largest absolute Gasteiger partial charge is 0.397 e. The zero-order valence-corrected chi connectivity index (χ0v) is 7.25. The van der Waals surface area contributed by atoms with Gasteiger partial charge in [-0.15, -0.1) is 11.3 Å². The minimum Gasteiger partial charge on any atom is -0.397 e. The molecule has 2 N–H and O–H groups in total. The zero-order valence-electron chi connectivity index (χ0n) is 5.67. The van der Waals surface area contributed by atoms with Gasteiger partial charge in [-0.05, 0) is 22.9 Å². The summed E-state index contributed by atoms with van der Waals surface area (Å²) in [7, 11) is 0. The summed E-state index contributed by atoms with van der Waals surface area (Å²) < 4.78 is 1.08. The summed E-state index contributed by atoms with van der Waals surface area (Å²) in [6.45, 7) is 0. The second kappa shape index (κ2) is 2.40. The number of halogens is 1. The number of nitrogens with two attached hydrogens (primary N) is 1. The number of hydrogen-bond acceptors (Lipinski definition) is 2. The Morgan fingerprint density at radius 3 is 2.91 bits per heavy atom. The zero-order chi connectivity index (χ0) is 7.84. The molecule has 0 aliphatic carbocycles. The number of rotatable bonds is 0. The standard InChI is InChI=1S/C8H6ClNS/c9-7-6(10)2-1-5-3-4-11-8(5)7/h1-4H,10H2. The van der Waals surface area contributed by atoms with Crippen LogP contribution in [0.2, 0.25) is 5.02 Å². The van der Waals surface area contributed by atoms with E-state index in [1.165, 1.54) is 0 Å². The molecule has 56 valence electrons. The lowest BCUT2D eigenvalue weighted by Gasteiger charge is -1.96. The van der Waals surface area contributed by atoms with Gasteiger partial charge in [-0.25, -0.2) is 0 Å². The highest BCUT2D eigenvalue weighted by Crippen LogP contribution is 2.32. The van der Waals surface area contributed by atoms with Crippen molar-refractivity contribution in [3.05, 3.63) is 28.6 Å². The summed E-state index contributed by atoms with van der Waals surface area (Å²) in [6.07, 6.45) is 0. The van der Waals surface area contributed by atoms with Crippen LogP contribution in [-0.4, -0.2) is 0 Å². The van der Waals surface area contributed by atoms with Gasteiger partial charge in [0.2, 0.25) is 0 Å². The van der Waals surface area contributed by atoms with E-state index in [9.17, 15) is 0 Å². The maximum absolute atomic E-state index is 5.95. The van der Waals surface area contributed by atoms with Gasteiger partial charge in [0.05, 0.1) is 15.4 Å². The molecule has 0 aliphatic heterocycles. The van der Waals surface area contributed by atoms with Crippen molar-refractivity contribution in [1.82, 2.24) is 0 Å². The predicted molar refractivity (Wildman–Crippen MR) is 51.2 cm³/mol. The molecule has 11 heavy (non-hydrogen) atoms. The van der Waals surface area contributed by atoms with Crippen molar-refractivity contribution in [2.75, 3.05) is 5.73 Å². The van der Waals surface area contributed by atoms with Gasteiger partial charge in [-0.3, -0.25) is 0 Å². The molecule has 3 heteroatoms. The van der Waals surface area contributed by atoms with E-state index in [0.717, 1.165) is 10.1 Å². The number of anilines is 1. The molecule has 0 aliphatic rings. The third-order valence-electron chi connectivity index (χ3n) is 1.59. The molecule has 1 nitrogen and oxygen atoms in total. The van der Waals surface area contributed by atoms with Crippen LogP contribution in [0, 0.1) is 0 Å². The quantitative estimate of drug-likeness (QED) is 0.624. The van der Waals surface area contributed by atoms with E-state index in [2.05, 4.69) is 0 Å². The molecular weight excluding hydrogens is 178 g/mol. The van der Waals surface area contributed by atoms with Crippen molar-refractivity contribution in [2.24, 2.45) is 0 Å². The summed E-state index contributed by atoms with van der Waals surface area (Å²) in [5.74, 6) is 0. The van der Waals surface area contributed by atoms with Crippen LogP contribution < -0.4 is 5.73 Å². The van der Waals surface area contributed by atoms with Gasteiger partial charge in [-0.1, -0.05) is 17.7 Å². The van der Waals surface area contributed by atoms with Gasteiger partial charge >= 0.3 is 0 Å². The summed E-state index contributed by atoms with van der Waals surface area (Å²) in [6, 6.07) is 5.84. The van der Waals surface area contributed by atoms with E-state index in [0.29, 0.717) is 10.7 Å².